The first kappa shape index (κ1) is 12.3. The molecule has 96 valence electrons. The number of hydrogen-bond acceptors (Lipinski definition) is 5. The highest BCUT2D eigenvalue weighted by atomic mass is 32.1. The molecule has 1 aliphatic heterocycles. The molecule has 18 heavy (non-hydrogen) atoms. The van der Waals surface area contributed by atoms with E-state index in [0.717, 1.165) is 31.2 Å². The monoisotopic (exact) mass is 279 g/mol. The topological polar surface area (TPSA) is 28.2 Å². The summed E-state index contributed by atoms with van der Waals surface area (Å²) in [6.45, 7) is 6.54. The van der Waals surface area contributed by atoms with Gasteiger partial charge in [-0.25, -0.2) is 4.98 Å². The molecule has 2 aromatic heterocycles. The van der Waals surface area contributed by atoms with E-state index < -0.39 is 0 Å². The van der Waals surface area contributed by atoms with Crippen LogP contribution in [-0.4, -0.2) is 35.6 Å². The van der Waals surface area contributed by atoms with Crippen LogP contribution in [0.15, 0.2) is 22.9 Å². The van der Waals surface area contributed by atoms with Crippen molar-refractivity contribution in [3.63, 3.8) is 0 Å². The Morgan fingerprint density at radius 1 is 1.50 bits per heavy atom. The average Bonchev–Trinajstić information content (AvgIpc) is 2.98. The van der Waals surface area contributed by atoms with E-state index in [9.17, 15) is 0 Å². The fourth-order valence-corrected chi connectivity index (χ4v) is 3.90. The first-order valence-corrected chi connectivity index (χ1v) is 8.01. The summed E-state index contributed by atoms with van der Waals surface area (Å²) in [6.07, 6.45) is 0. The number of piperazine rings is 1. The van der Waals surface area contributed by atoms with Crippen molar-refractivity contribution >= 4 is 22.7 Å². The normalized spacial score (nSPS) is 21.3. The molecule has 0 bridgehead atoms. The SMILES string of the molecule is C[C@@H]1CN(Cc2csc(-c3cccs3)n2)CCN1. The Hall–Kier alpha value is -0.750. The summed E-state index contributed by atoms with van der Waals surface area (Å²) in [5.74, 6) is 0. The molecule has 1 aliphatic rings. The van der Waals surface area contributed by atoms with E-state index in [1.54, 1.807) is 22.7 Å². The molecule has 3 rings (SSSR count). The van der Waals surface area contributed by atoms with Gasteiger partial charge in [0, 0.05) is 37.6 Å². The van der Waals surface area contributed by atoms with E-state index in [1.165, 1.54) is 10.6 Å². The van der Waals surface area contributed by atoms with Gasteiger partial charge in [0.05, 0.1) is 10.6 Å². The molecule has 1 N–H and O–H groups in total. The molecular weight excluding hydrogens is 262 g/mol. The minimum absolute atomic E-state index is 0.592. The zero-order valence-corrected chi connectivity index (χ0v) is 12.1. The van der Waals surface area contributed by atoms with Crippen molar-refractivity contribution in [3.05, 3.63) is 28.6 Å². The molecule has 5 heteroatoms. The fourth-order valence-electron chi connectivity index (χ4n) is 2.28. The standard InChI is InChI=1S/C13H17N3S2/c1-10-7-16(5-4-14-10)8-11-9-18-13(15-11)12-3-2-6-17-12/h2-3,6,9-10,14H,4-5,7-8H2,1H3/t10-/m1/s1. The van der Waals surface area contributed by atoms with E-state index in [-0.39, 0.29) is 0 Å². The molecule has 0 amide bonds. The molecule has 2 aromatic rings. The number of rotatable bonds is 3. The molecule has 0 saturated carbocycles. The van der Waals surface area contributed by atoms with Crippen LogP contribution in [0, 0.1) is 0 Å². The maximum atomic E-state index is 4.74. The predicted molar refractivity (Wildman–Crippen MR) is 78.2 cm³/mol. The third-order valence-electron chi connectivity index (χ3n) is 3.12. The lowest BCUT2D eigenvalue weighted by Gasteiger charge is -2.31. The van der Waals surface area contributed by atoms with Gasteiger partial charge in [-0.1, -0.05) is 6.07 Å². The van der Waals surface area contributed by atoms with E-state index in [2.05, 4.69) is 40.0 Å². The first-order valence-electron chi connectivity index (χ1n) is 6.25. The number of thiophene rings is 1. The maximum Gasteiger partial charge on any atom is 0.133 e. The van der Waals surface area contributed by atoms with Crippen LogP contribution in [0.4, 0.5) is 0 Å². The van der Waals surface area contributed by atoms with Crippen molar-refractivity contribution in [1.29, 1.82) is 0 Å². The molecule has 0 aliphatic carbocycles. The van der Waals surface area contributed by atoms with E-state index >= 15 is 0 Å². The van der Waals surface area contributed by atoms with Gasteiger partial charge in [-0.2, -0.15) is 0 Å². The molecule has 3 nitrogen and oxygen atoms in total. The summed E-state index contributed by atoms with van der Waals surface area (Å²) in [7, 11) is 0. The van der Waals surface area contributed by atoms with Crippen LogP contribution in [0.3, 0.4) is 0 Å². The van der Waals surface area contributed by atoms with Crippen LogP contribution >= 0.6 is 22.7 Å². The maximum absolute atomic E-state index is 4.74. The lowest BCUT2D eigenvalue weighted by atomic mass is 10.2. The Bertz CT molecular complexity index is 492. The Labute approximate surface area is 115 Å². The third-order valence-corrected chi connectivity index (χ3v) is 5.05. The summed E-state index contributed by atoms with van der Waals surface area (Å²) in [4.78, 5) is 8.50. The van der Waals surface area contributed by atoms with Crippen molar-refractivity contribution in [2.45, 2.75) is 19.5 Å². The highest BCUT2D eigenvalue weighted by Gasteiger charge is 2.16. The molecule has 0 unspecified atom stereocenters. The Morgan fingerprint density at radius 2 is 2.44 bits per heavy atom. The van der Waals surface area contributed by atoms with Gasteiger partial charge in [0.1, 0.15) is 5.01 Å². The zero-order valence-electron chi connectivity index (χ0n) is 10.4. The summed E-state index contributed by atoms with van der Waals surface area (Å²) in [6, 6.07) is 4.81. The van der Waals surface area contributed by atoms with Gasteiger partial charge in [0.15, 0.2) is 0 Å². The van der Waals surface area contributed by atoms with Crippen molar-refractivity contribution in [2.24, 2.45) is 0 Å². The van der Waals surface area contributed by atoms with Crippen LogP contribution in [0.25, 0.3) is 9.88 Å². The summed E-state index contributed by atoms with van der Waals surface area (Å²) in [5.41, 5.74) is 1.21. The number of nitrogens with zero attached hydrogens (tertiary/aromatic N) is 2. The average molecular weight is 279 g/mol. The number of thiazole rings is 1. The minimum Gasteiger partial charge on any atom is -0.312 e. The van der Waals surface area contributed by atoms with E-state index in [4.69, 9.17) is 4.98 Å². The van der Waals surface area contributed by atoms with Gasteiger partial charge in [-0.3, -0.25) is 4.90 Å². The Morgan fingerprint density at radius 3 is 3.22 bits per heavy atom. The number of hydrogen-bond donors (Lipinski definition) is 1. The number of nitrogens with one attached hydrogen (secondary N) is 1. The second-order valence-electron chi connectivity index (χ2n) is 4.71. The molecule has 1 saturated heterocycles. The quantitative estimate of drug-likeness (QED) is 0.936. The Kier molecular flexibility index (Phi) is 3.75. The van der Waals surface area contributed by atoms with Crippen LogP contribution < -0.4 is 5.32 Å². The lowest BCUT2D eigenvalue weighted by molar-refractivity contribution is 0.198. The van der Waals surface area contributed by atoms with Crippen molar-refractivity contribution in [1.82, 2.24) is 15.2 Å². The van der Waals surface area contributed by atoms with Crippen molar-refractivity contribution < 1.29 is 0 Å². The third kappa shape index (κ3) is 2.80. The second kappa shape index (κ2) is 5.48. The van der Waals surface area contributed by atoms with Gasteiger partial charge >= 0.3 is 0 Å². The molecule has 0 radical (unpaired) electrons. The van der Waals surface area contributed by atoms with Gasteiger partial charge in [0.2, 0.25) is 0 Å². The predicted octanol–water partition coefficient (Wildman–Crippen LogP) is 2.67. The van der Waals surface area contributed by atoms with Gasteiger partial charge in [0.25, 0.3) is 0 Å². The molecule has 1 fully saturated rings. The van der Waals surface area contributed by atoms with Crippen LogP contribution in [0.2, 0.25) is 0 Å². The molecular formula is C13H17N3S2. The van der Waals surface area contributed by atoms with Crippen LogP contribution in [0.5, 0.6) is 0 Å². The van der Waals surface area contributed by atoms with E-state index in [1.807, 2.05) is 0 Å². The van der Waals surface area contributed by atoms with Gasteiger partial charge in [-0.15, -0.1) is 22.7 Å². The minimum atomic E-state index is 0.592. The van der Waals surface area contributed by atoms with Gasteiger partial charge in [-0.05, 0) is 18.4 Å². The fraction of sp³-hybridized carbons (Fsp3) is 0.462. The molecule has 0 spiro atoms. The molecule has 1 atom stereocenters. The smallest absolute Gasteiger partial charge is 0.133 e. The summed E-state index contributed by atoms with van der Waals surface area (Å²) < 4.78 is 0. The second-order valence-corrected chi connectivity index (χ2v) is 6.52. The molecule has 0 aromatic carbocycles. The van der Waals surface area contributed by atoms with Crippen LogP contribution in [-0.2, 0) is 6.54 Å². The largest absolute Gasteiger partial charge is 0.312 e. The highest BCUT2D eigenvalue weighted by molar-refractivity contribution is 7.20. The Balaban J connectivity index is 1.66. The summed E-state index contributed by atoms with van der Waals surface area (Å²) >= 11 is 3.51. The number of aromatic nitrogens is 1. The highest BCUT2D eigenvalue weighted by Crippen LogP contribution is 2.28. The van der Waals surface area contributed by atoms with E-state index in [0.29, 0.717) is 6.04 Å². The van der Waals surface area contributed by atoms with Crippen molar-refractivity contribution in [3.8, 4) is 9.88 Å². The lowest BCUT2D eigenvalue weighted by Crippen LogP contribution is -2.48. The van der Waals surface area contributed by atoms with Crippen LogP contribution in [0.1, 0.15) is 12.6 Å². The van der Waals surface area contributed by atoms with Gasteiger partial charge < -0.3 is 5.32 Å². The van der Waals surface area contributed by atoms with Crippen molar-refractivity contribution in [2.75, 3.05) is 19.6 Å². The zero-order chi connectivity index (χ0) is 12.4. The molecule has 3 heterocycles. The first-order chi connectivity index (χ1) is 8.81. The summed E-state index contributed by atoms with van der Waals surface area (Å²) in [5, 5.41) is 8.92.